The lowest BCUT2D eigenvalue weighted by molar-refractivity contribution is 0.462. The van der Waals surface area contributed by atoms with E-state index in [1.54, 1.807) is 0 Å². The molecule has 1 fully saturated rings. The van der Waals surface area contributed by atoms with Crippen LogP contribution in [0.5, 0.6) is 0 Å². The summed E-state index contributed by atoms with van der Waals surface area (Å²) in [6.45, 7) is 2.26. The Hall–Kier alpha value is -0.870. The van der Waals surface area contributed by atoms with Crippen molar-refractivity contribution in [3.63, 3.8) is 0 Å². The van der Waals surface area contributed by atoms with Gasteiger partial charge >= 0.3 is 0 Å². The molecular formula is C13H16BrN3. The molecule has 1 aromatic carbocycles. The van der Waals surface area contributed by atoms with Gasteiger partial charge in [0.1, 0.15) is 4.60 Å². The summed E-state index contributed by atoms with van der Waals surface area (Å²) in [6, 6.07) is 6.70. The SMILES string of the molecule is Cn1nc(Br)c2ccc(C3CCCNC3)cc21. The lowest BCUT2D eigenvalue weighted by atomic mass is 9.91. The Labute approximate surface area is 109 Å². The molecule has 0 amide bonds. The van der Waals surface area contributed by atoms with Crippen LogP contribution >= 0.6 is 15.9 Å². The van der Waals surface area contributed by atoms with Crippen molar-refractivity contribution in [2.75, 3.05) is 13.1 Å². The number of nitrogens with one attached hydrogen (secondary N) is 1. The quantitative estimate of drug-likeness (QED) is 0.876. The highest BCUT2D eigenvalue weighted by Gasteiger charge is 2.16. The van der Waals surface area contributed by atoms with Crippen LogP contribution in [0, 0.1) is 0 Å². The number of aromatic nitrogens is 2. The summed E-state index contributed by atoms with van der Waals surface area (Å²) in [4.78, 5) is 0. The fourth-order valence-corrected chi connectivity index (χ4v) is 3.19. The van der Waals surface area contributed by atoms with E-state index >= 15 is 0 Å². The molecular weight excluding hydrogens is 278 g/mol. The van der Waals surface area contributed by atoms with Crippen LogP contribution in [0.15, 0.2) is 22.8 Å². The monoisotopic (exact) mass is 293 g/mol. The van der Waals surface area contributed by atoms with Crippen molar-refractivity contribution >= 4 is 26.8 Å². The van der Waals surface area contributed by atoms with Crippen molar-refractivity contribution in [2.24, 2.45) is 7.05 Å². The van der Waals surface area contributed by atoms with E-state index < -0.39 is 0 Å². The molecule has 2 heterocycles. The third kappa shape index (κ3) is 2.00. The molecule has 0 aliphatic carbocycles. The molecule has 1 unspecified atom stereocenters. The minimum Gasteiger partial charge on any atom is -0.316 e. The smallest absolute Gasteiger partial charge is 0.135 e. The van der Waals surface area contributed by atoms with Gasteiger partial charge in [0.2, 0.25) is 0 Å². The van der Waals surface area contributed by atoms with Crippen molar-refractivity contribution in [1.29, 1.82) is 0 Å². The molecule has 3 nitrogen and oxygen atoms in total. The predicted octanol–water partition coefficient (Wildman–Crippen LogP) is 2.80. The first-order valence-electron chi connectivity index (χ1n) is 6.08. The number of benzene rings is 1. The van der Waals surface area contributed by atoms with Gasteiger partial charge in [-0.1, -0.05) is 6.07 Å². The molecule has 1 aromatic heterocycles. The number of hydrogen-bond acceptors (Lipinski definition) is 2. The van der Waals surface area contributed by atoms with Crippen LogP contribution < -0.4 is 5.32 Å². The van der Waals surface area contributed by atoms with Crippen molar-refractivity contribution in [2.45, 2.75) is 18.8 Å². The Kier molecular flexibility index (Phi) is 2.92. The second kappa shape index (κ2) is 4.42. The molecule has 3 rings (SSSR count). The summed E-state index contributed by atoms with van der Waals surface area (Å²) < 4.78 is 2.88. The van der Waals surface area contributed by atoms with Crippen LogP contribution in [0.2, 0.25) is 0 Å². The highest BCUT2D eigenvalue weighted by Crippen LogP contribution is 2.29. The zero-order valence-corrected chi connectivity index (χ0v) is 11.5. The number of halogens is 1. The maximum atomic E-state index is 4.39. The van der Waals surface area contributed by atoms with Crippen LogP contribution in [-0.2, 0) is 7.05 Å². The van der Waals surface area contributed by atoms with E-state index in [-0.39, 0.29) is 0 Å². The molecule has 0 spiro atoms. The summed E-state index contributed by atoms with van der Waals surface area (Å²) in [7, 11) is 2.00. The maximum absolute atomic E-state index is 4.39. The Balaban J connectivity index is 2.03. The van der Waals surface area contributed by atoms with Crippen LogP contribution in [0.3, 0.4) is 0 Å². The van der Waals surface area contributed by atoms with Crippen molar-refractivity contribution in [1.82, 2.24) is 15.1 Å². The molecule has 1 saturated heterocycles. The van der Waals surface area contributed by atoms with E-state index in [1.165, 1.54) is 29.3 Å². The molecule has 1 N–H and O–H groups in total. The molecule has 0 bridgehead atoms. The van der Waals surface area contributed by atoms with Gasteiger partial charge in [0.15, 0.2) is 0 Å². The molecule has 0 radical (unpaired) electrons. The van der Waals surface area contributed by atoms with Gasteiger partial charge in [0.05, 0.1) is 5.52 Å². The Morgan fingerprint density at radius 3 is 3.12 bits per heavy atom. The van der Waals surface area contributed by atoms with Crippen molar-refractivity contribution < 1.29 is 0 Å². The molecule has 1 atom stereocenters. The molecule has 2 aromatic rings. The van der Waals surface area contributed by atoms with Crippen LogP contribution in [0.4, 0.5) is 0 Å². The number of nitrogens with zero attached hydrogens (tertiary/aromatic N) is 2. The number of hydrogen-bond donors (Lipinski definition) is 1. The molecule has 0 saturated carbocycles. The predicted molar refractivity (Wildman–Crippen MR) is 73.3 cm³/mol. The Morgan fingerprint density at radius 2 is 2.35 bits per heavy atom. The fourth-order valence-electron chi connectivity index (χ4n) is 2.62. The number of piperidine rings is 1. The van der Waals surface area contributed by atoms with Gasteiger partial charge in [0.25, 0.3) is 0 Å². The highest BCUT2D eigenvalue weighted by molar-refractivity contribution is 9.10. The van der Waals surface area contributed by atoms with Gasteiger partial charge in [-0.15, -0.1) is 0 Å². The maximum Gasteiger partial charge on any atom is 0.135 e. The standard InChI is InChI=1S/C13H16BrN3/c1-17-12-7-9(10-3-2-6-15-8-10)4-5-11(12)13(14)16-17/h4-5,7,10,15H,2-3,6,8H2,1H3. The fraction of sp³-hybridized carbons (Fsp3) is 0.462. The third-order valence-electron chi connectivity index (χ3n) is 3.60. The molecule has 4 heteroatoms. The minimum atomic E-state index is 0.654. The summed E-state index contributed by atoms with van der Waals surface area (Å²) in [5.41, 5.74) is 2.64. The van der Waals surface area contributed by atoms with Crippen LogP contribution in [0.1, 0.15) is 24.3 Å². The van der Waals surface area contributed by atoms with Crippen molar-refractivity contribution in [3.05, 3.63) is 28.4 Å². The first-order chi connectivity index (χ1) is 8.25. The zero-order chi connectivity index (χ0) is 11.8. The van der Waals surface area contributed by atoms with Crippen molar-refractivity contribution in [3.8, 4) is 0 Å². The first kappa shape index (κ1) is 11.2. The number of fused-ring (bicyclic) bond motifs is 1. The summed E-state index contributed by atoms with van der Waals surface area (Å²) in [5.74, 6) is 0.654. The lowest BCUT2D eigenvalue weighted by Gasteiger charge is -2.23. The molecule has 90 valence electrons. The van der Waals surface area contributed by atoms with E-state index in [1.807, 2.05) is 11.7 Å². The Bertz CT molecular complexity index is 541. The van der Waals surface area contributed by atoms with Gasteiger partial charge < -0.3 is 5.32 Å². The Morgan fingerprint density at radius 1 is 1.47 bits per heavy atom. The van der Waals surface area contributed by atoms with Gasteiger partial charge in [0, 0.05) is 19.0 Å². The average molecular weight is 294 g/mol. The van der Waals surface area contributed by atoms with E-state index in [0.717, 1.165) is 17.7 Å². The summed E-state index contributed by atoms with van der Waals surface area (Å²) >= 11 is 3.49. The number of aryl methyl sites for hydroxylation is 1. The molecule has 17 heavy (non-hydrogen) atoms. The van der Waals surface area contributed by atoms with Gasteiger partial charge in [-0.3, -0.25) is 4.68 Å². The largest absolute Gasteiger partial charge is 0.316 e. The van der Waals surface area contributed by atoms with Crippen LogP contribution in [-0.4, -0.2) is 22.9 Å². The molecule has 1 aliphatic rings. The highest BCUT2D eigenvalue weighted by atomic mass is 79.9. The summed E-state index contributed by atoms with van der Waals surface area (Å²) in [5, 5.41) is 9.06. The number of rotatable bonds is 1. The second-order valence-electron chi connectivity index (χ2n) is 4.73. The van der Waals surface area contributed by atoms with E-state index in [4.69, 9.17) is 0 Å². The third-order valence-corrected chi connectivity index (χ3v) is 4.18. The first-order valence-corrected chi connectivity index (χ1v) is 6.88. The van der Waals surface area contributed by atoms with Gasteiger partial charge in [-0.05, 0) is 58.9 Å². The van der Waals surface area contributed by atoms with Crippen LogP contribution in [0.25, 0.3) is 10.9 Å². The lowest BCUT2D eigenvalue weighted by Crippen LogP contribution is -2.28. The van der Waals surface area contributed by atoms with Gasteiger partial charge in [-0.25, -0.2) is 0 Å². The topological polar surface area (TPSA) is 29.9 Å². The zero-order valence-electron chi connectivity index (χ0n) is 9.91. The van der Waals surface area contributed by atoms with E-state index in [0.29, 0.717) is 5.92 Å². The molecule has 1 aliphatic heterocycles. The average Bonchev–Trinajstić information content (AvgIpc) is 2.66. The van der Waals surface area contributed by atoms with E-state index in [2.05, 4.69) is 44.5 Å². The normalized spacial score (nSPS) is 20.9. The second-order valence-corrected chi connectivity index (χ2v) is 5.49. The van der Waals surface area contributed by atoms with Gasteiger partial charge in [-0.2, -0.15) is 5.10 Å². The van der Waals surface area contributed by atoms with E-state index in [9.17, 15) is 0 Å². The minimum absolute atomic E-state index is 0.654. The summed E-state index contributed by atoms with van der Waals surface area (Å²) in [6.07, 6.45) is 2.56.